The summed E-state index contributed by atoms with van der Waals surface area (Å²) in [6, 6.07) is 0. The van der Waals surface area contributed by atoms with Gasteiger partial charge < -0.3 is 9.80 Å². The number of rotatable bonds is 6. The Morgan fingerprint density at radius 2 is 1.61 bits per heavy atom. The molecular formula is C15H33N3. The average Bonchev–Trinajstić information content (AvgIpc) is 2.26. The predicted molar refractivity (Wildman–Crippen MR) is 80.1 cm³/mol. The molecule has 1 rings (SSSR count). The summed E-state index contributed by atoms with van der Waals surface area (Å²) in [5.74, 6) is 0. The Bertz CT molecular complexity index is 214. The normalized spacial score (nSPS) is 19.7. The van der Waals surface area contributed by atoms with Crippen molar-refractivity contribution in [3.8, 4) is 0 Å². The molecule has 0 aliphatic carbocycles. The molecule has 0 N–H and O–H groups in total. The quantitative estimate of drug-likeness (QED) is 0.719. The lowest BCUT2D eigenvalue weighted by atomic mass is 9.90. The Morgan fingerprint density at radius 3 is 2.17 bits per heavy atom. The number of likely N-dealkylation sites (N-methyl/N-ethyl adjacent to an activating group) is 2. The molecule has 3 nitrogen and oxygen atoms in total. The van der Waals surface area contributed by atoms with Crippen molar-refractivity contribution >= 4 is 0 Å². The van der Waals surface area contributed by atoms with E-state index in [9.17, 15) is 0 Å². The van der Waals surface area contributed by atoms with E-state index in [1.165, 1.54) is 58.7 Å². The van der Waals surface area contributed by atoms with E-state index in [4.69, 9.17) is 0 Å². The van der Waals surface area contributed by atoms with Crippen LogP contribution in [-0.4, -0.2) is 74.6 Å². The summed E-state index contributed by atoms with van der Waals surface area (Å²) >= 11 is 0. The SMILES string of the molecule is CN(CCCC(C)(C)C)CCN1CCN(C)CC1. The van der Waals surface area contributed by atoms with Crippen molar-refractivity contribution in [3.05, 3.63) is 0 Å². The van der Waals surface area contributed by atoms with Crippen molar-refractivity contribution in [2.45, 2.75) is 33.6 Å². The molecule has 3 heteroatoms. The lowest BCUT2D eigenvalue weighted by molar-refractivity contribution is 0.139. The van der Waals surface area contributed by atoms with Gasteiger partial charge in [-0.2, -0.15) is 0 Å². The molecule has 108 valence electrons. The molecule has 0 aromatic carbocycles. The van der Waals surface area contributed by atoms with Crippen molar-refractivity contribution in [1.29, 1.82) is 0 Å². The first-order valence-electron chi connectivity index (χ1n) is 7.46. The number of nitrogens with zero attached hydrogens (tertiary/aromatic N) is 3. The lowest BCUT2D eigenvalue weighted by Crippen LogP contribution is -2.46. The van der Waals surface area contributed by atoms with Crippen LogP contribution >= 0.6 is 0 Å². The summed E-state index contributed by atoms with van der Waals surface area (Å²) in [6.07, 6.45) is 2.65. The third-order valence-electron chi connectivity index (χ3n) is 3.86. The second-order valence-electron chi connectivity index (χ2n) is 7.11. The number of piperazine rings is 1. The van der Waals surface area contributed by atoms with Crippen LogP contribution in [-0.2, 0) is 0 Å². The molecule has 0 saturated carbocycles. The fraction of sp³-hybridized carbons (Fsp3) is 1.00. The minimum Gasteiger partial charge on any atom is -0.305 e. The topological polar surface area (TPSA) is 9.72 Å². The van der Waals surface area contributed by atoms with Crippen LogP contribution in [0.5, 0.6) is 0 Å². The maximum atomic E-state index is 2.60. The third-order valence-corrected chi connectivity index (χ3v) is 3.86. The van der Waals surface area contributed by atoms with Crippen LogP contribution in [0, 0.1) is 5.41 Å². The Kier molecular flexibility index (Phi) is 6.61. The second kappa shape index (κ2) is 7.46. The maximum Gasteiger partial charge on any atom is 0.0110 e. The van der Waals surface area contributed by atoms with Gasteiger partial charge in [-0.25, -0.2) is 0 Å². The van der Waals surface area contributed by atoms with Crippen molar-refractivity contribution < 1.29 is 0 Å². The van der Waals surface area contributed by atoms with E-state index in [1.807, 2.05) is 0 Å². The largest absolute Gasteiger partial charge is 0.305 e. The zero-order valence-electron chi connectivity index (χ0n) is 13.2. The first-order valence-corrected chi connectivity index (χ1v) is 7.46. The molecule has 1 saturated heterocycles. The highest BCUT2D eigenvalue weighted by Gasteiger charge is 2.14. The van der Waals surface area contributed by atoms with Crippen molar-refractivity contribution in [2.24, 2.45) is 5.41 Å². The van der Waals surface area contributed by atoms with Gasteiger partial charge in [-0.3, -0.25) is 4.90 Å². The van der Waals surface area contributed by atoms with Crippen molar-refractivity contribution in [1.82, 2.24) is 14.7 Å². The molecule has 0 amide bonds. The minimum absolute atomic E-state index is 0.484. The molecule has 1 aliphatic heterocycles. The lowest BCUT2D eigenvalue weighted by Gasteiger charge is -2.33. The van der Waals surface area contributed by atoms with Crippen LogP contribution < -0.4 is 0 Å². The average molecular weight is 255 g/mol. The molecule has 1 fully saturated rings. The van der Waals surface area contributed by atoms with Gasteiger partial charge in [0.2, 0.25) is 0 Å². The van der Waals surface area contributed by atoms with Crippen LogP contribution in [0.25, 0.3) is 0 Å². The summed E-state index contributed by atoms with van der Waals surface area (Å²) < 4.78 is 0. The molecule has 0 bridgehead atoms. The van der Waals surface area contributed by atoms with Crippen LogP contribution in [0.3, 0.4) is 0 Å². The van der Waals surface area contributed by atoms with Crippen LogP contribution in [0.1, 0.15) is 33.6 Å². The predicted octanol–water partition coefficient (Wildman–Crippen LogP) is 1.99. The summed E-state index contributed by atoms with van der Waals surface area (Å²) in [7, 11) is 4.48. The van der Waals surface area contributed by atoms with E-state index in [0.29, 0.717) is 5.41 Å². The molecule has 0 atom stereocenters. The highest BCUT2D eigenvalue weighted by molar-refractivity contribution is 4.70. The van der Waals surface area contributed by atoms with E-state index in [2.05, 4.69) is 49.6 Å². The zero-order chi connectivity index (χ0) is 13.6. The highest BCUT2D eigenvalue weighted by atomic mass is 15.3. The first kappa shape index (κ1) is 15.9. The van der Waals surface area contributed by atoms with Gasteiger partial charge in [0.25, 0.3) is 0 Å². The Hall–Kier alpha value is -0.120. The summed E-state index contributed by atoms with van der Waals surface area (Å²) in [5.41, 5.74) is 0.484. The summed E-state index contributed by atoms with van der Waals surface area (Å²) in [4.78, 5) is 7.51. The maximum absolute atomic E-state index is 2.60. The molecule has 0 spiro atoms. The van der Waals surface area contributed by atoms with E-state index in [1.54, 1.807) is 0 Å². The fourth-order valence-corrected chi connectivity index (χ4v) is 2.37. The van der Waals surface area contributed by atoms with Gasteiger partial charge in [0, 0.05) is 39.3 Å². The molecule has 0 unspecified atom stereocenters. The number of hydrogen-bond donors (Lipinski definition) is 0. The van der Waals surface area contributed by atoms with E-state index < -0.39 is 0 Å². The molecule has 0 aromatic rings. The minimum atomic E-state index is 0.484. The van der Waals surface area contributed by atoms with Gasteiger partial charge in [0.05, 0.1) is 0 Å². The molecular weight excluding hydrogens is 222 g/mol. The summed E-state index contributed by atoms with van der Waals surface area (Å²) in [5, 5.41) is 0. The van der Waals surface area contributed by atoms with Gasteiger partial charge in [-0.15, -0.1) is 0 Å². The van der Waals surface area contributed by atoms with Gasteiger partial charge in [-0.05, 0) is 38.9 Å². The first-order chi connectivity index (χ1) is 8.37. The van der Waals surface area contributed by atoms with E-state index >= 15 is 0 Å². The smallest absolute Gasteiger partial charge is 0.0110 e. The third kappa shape index (κ3) is 7.34. The van der Waals surface area contributed by atoms with Crippen molar-refractivity contribution in [3.63, 3.8) is 0 Å². The van der Waals surface area contributed by atoms with Gasteiger partial charge in [0.1, 0.15) is 0 Å². The molecule has 0 radical (unpaired) electrons. The Labute approximate surface area is 114 Å². The highest BCUT2D eigenvalue weighted by Crippen LogP contribution is 2.20. The van der Waals surface area contributed by atoms with Crippen LogP contribution in [0.15, 0.2) is 0 Å². The standard InChI is InChI=1S/C15H33N3/c1-15(2,3)7-6-8-16(4)9-12-18-13-10-17(5)11-14-18/h6-14H2,1-5H3. The van der Waals surface area contributed by atoms with Crippen molar-refractivity contribution in [2.75, 3.05) is 59.9 Å². The van der Waals surface area contributed by atoms with Gasteiger partial charge in [0.15, 0.2) is 0 Å². The molecule has 18 heavy (non-hydrogen) atoms. The van der Waals surface area contributed by atoms with E-state index in [-0.39, 0.29) is 0 Å². The van der Waals surface area contributed by atoms with Crippen LogP contribution in [0.2, 0.25) is 0 Å². The molecule has 0 aromatic heterocycles. The second-order valence-corrected chi connectivity index (χ2v) is 7.11. The van der Waals surface area contributed by atoms with Crippen LogP contribution in [0.4, 0.5) is 0 Å². The molecule has 1 aliphatic rings. The Morgan fingerprint density at radius 1 is 1.00 bits per heavy atom. The summed E-state index contributed by atoms with van der Waals surface area (Å²) in [6.45, 7) is 15.6. The van der Waals surface area contributed by atoms with E-state index in [0.717, 1.165) is 0 Å². The zero-order valence-corrected chi connectivity index (χ0v) is 13.2. The van der Waals surface area contributed by atoms with Gasteiger partial charge in [-0.1, -0.05) is 20.8 Å². The monoisotopic (exact) mass is 255 g/mol. The fourth-order valence-electron chi connectivity index (χ4n) is 2.37. The number of hydrogen-bond acceptors (Lipinski definition) is 3. The van der Waals surface area contributed by atoms with Gasteiger partial charge >= 0.3 is 0 Å². The Balaban J connectivity index is 2.04. The molecule has 1 heterocycles.